The van der Waals surface area contributed by atoms with Crippen LogP contribution < -0.4 is 5.73 Å². The van der Waals surface area contributed by atoms with Gasteiger partial charge in [0.2, 0.25) is 0 Å². The lowest BCUT2D eigenvalue weighted by atomic mass is 9.69. The standard InChI is InChI=1S/C16H25N/c1-16(2)10-5-7-14(12-16)15-8-4-3-6-13(15)9-11-17/h3-4,6,8,14H,5,7,9-12,17H2,1-2H3. The summed E-state index contributed by atoms with van der Waals surface area (Å²) in [7, 11) is 0. The normalized spacial score (nSPS) is 23.6. The highest BCUT2D eigenvalue weighted by atomic mass is 14.5. The average molecular weight is 231 g/mol. The van der Waals surface area contributed by atoms with E-state index >= 15 is 0 Å². The third kappa shape index (κ3) is 3.10. The molecule has 1 nitrogen and oxygen atoms in total. The second-order valence-corrected chi connectivity index (χ2v) is 6.19. The van der Waals surface area contributed by atoms with Gasteiger partial charge in [0, 0.05) is 0 Å². The van der Waals surface area contributed by atoms with Gasteiger partial charge in [0.1, 0.15) is 0 Å². The van der Waals surface area contributed by atoms with Gasteiger partial charge in [-0.25, -0.2) is 0 Å². The Kier molecular flexibility index (Phi) is 3.88. The van der Waals surface area contributed by atoms with Gasteiger partial charge in [0.25, 0.3) is 0 Å². The molecule has 1 aromatic carbocycles. The van der Waals surface area contributed by atoms with Crippen LogP contribution in [0.5, 0.6) is 0 Å². The van der Waals surface area contributed by atoms with Gasteiger partial charge in [-0.05, 0) is 54.7 Å². The van der Waals surface area contributed by atoms with Crippen LogP contribution in [-0.4, -0.2) is 6.54 Å². The quantitative estimate of drug-likeness (QED) is 0.839. The van der Waals surface area contributed by atoms with Gasteiger partial charge in [-0.3, -0.25) is 0 Å². The summed E-state index contributed by atoms with van der Waals surface area (Å²) in [5.74, 6) is 0.751. The zero-order chi connectivity index (χ0) is 12.3. The van der Waals surface area contributed by atoms with E-state index in [9.17, 15) is 0 Å². The molecule has 1 aromatic rings. The summed E-state index contributed by atoms with van der Waals surface area (Å²) >= 11 is 0. The SMILES string of the molecule is CC1(C)CCCC(c2ccccc2CCN)C1. The van der Waals surface area contributed by atoms with Crippen LogP contribution in [-0.2, 0) is 6.42 Å². The monoisotopic (exact) mass is 231 g/mol. The highest BCUT2D eigenvalue weighted by Gasteiger charge is 2.29. The van der Waals surface area contributed by atoms with Crippen molar-refractivity contribution in [2.24, 2.45) is 11.1 Å². The van der Waals surface area contributed by atoms with Crippen LogP contribution in [0.25, 0.3) is 0 Å². The van der Waals surface area contributed by atoms with Gasteiger partial charge in [0.15, 0.2) is 0 Å². The molecule has 1 aliphatic rings. The van der Waals surface area contributed by atoms with E-state index in [-0.39, 0.29) is 0 Å². The Morgan fingerprint density at radius 3 is 2.76 bits per heavy atom. The first-order chi connectivity index (χ1) is 8.12. The van der Waals surface area contributed by atoms with Crippen LogP contribution in [0.3, 0.4) is 0 Å². The molecule has 94 valence electrons. The predicted molar refractivity (Wildman–Crippen MR) is 74.2 cm³/mol. The Balaban J connectivity index is 2.21. The maximum Gasteiger partial charge on any atom is -0.00366 e. The Bertz CT molecular complexity index is 368. The molecule has 17 heavy (non-hydrogen) atoms. The Morgan fingerprint density at radius 2 is 2.06 bits per heavy atom. The van der Waals surface area contributed by atoms with Gasteiger partial charge in [-0.2, -0.15) is 0 Å². The van der Waals surface area contributed by atoms with Crippen LogP contribution >= 0.6 is 0 Å². The molecule has 1 aliphatic carbocycles. The fourth-order valence-electron chi connectivity index (χ4n) is 3.28. The van der Waals surface area contributed by atoms with E-state index in [1.54, 1.807) is 5.56 Å². The van der Waals surface area contributed by atoms with E-state index < -0.39 is 0 Å². The van der Waals surface area contributed by atoms with Crippen molar-refractivity contribution in [3.63, 3.8) is 0 Å². The fraction of sp³-hybridized carbons (Fsp3) is 0.625. The van der Waals surface area contributed by atoms with Gasteiger partial charge < -0.3 is 5.73 Å². The minimum atomic E-state index is 0.513. The minimum Gasteiger partial charge on any atom is -0.330 e. The van der Waals surface area contributed by atoms with Gasteiger partial charge >= 0.3 is 0 Å². The third-order valence-corrected chi connectivity index (χ3v) is 4.11. The summed E-state index contributed by atoms with van der Waals surface area (Å²) in [6.45, 7) is 5.57. The summed E-state index contributed by atoms with van der Waals surface area (Å²) in [5, 5.41) is 0. The second-order valence-electron chi connectivity index (χ2n) is 6.19. The largest absolute Gasteiger partial charge is 0.330 e. The van der Waals surface area contributed by atoms with E-state index in [4.69, 9.17) is 5.73 Å². The number of hydrogen-bond acceptors (Lipinski definition) is 1. The Hall–Kier alpha value is -0.820. The number of hydrogen-bond donors (Lipinski definition) is 1. The fourth-order valence-corrected chi connectivity index (χ4v) is 3.28. The van der Waals surface area contributed by atoms with Gasteiger partial charge in [0.05, 0.1) is 0 Å². The van der Waals surface area contributed by atoms with Gasteiger partial charge in [-0.15, -0.1) is 0 Å². The van der Waals surface area contributed by atoms with Crippen molar-refractivity contribution < 1.29 is 0 Å². The zero-order valence-corrected chi connectivity index (χ0v) is 11.2. The predicted octanol–water partition coefficient (Wildman–Crippen LogP) is 3.87. The lowest BCUT2D eigenvalue weighted by molar-refractivity contribution is 0.219. The summed E-state index contributed by atoms with van der Waals surface area (Å²) in [5.41, 5.74) is 9.26. The molecule has 0 radical (unpaired) electrons. The molecule has 0 spiro atoms. The molecule has 0 aromatic heterocycles. The first kappa shape index (κ1) is 12.6. The molecule has 1 fully saturated rings. The smallest absolute Gasteiger partial charge is 0.00366 e. The number of benzene rings is 1. The molecular weight excluding hydrogens is 206 g/mol. The van der Waals surface area contributed by atoms with Crippen LogP contribution in [0.4, 0.5) is 0 Å². The molecule has 1 atom stereocenters. The maximum atomic E-state index is 5.71. The van der Waals surface area contributed by atoms with E-state index in [1.165, 1.54) is 31.2 Å². The Morgan fingerprint density at radius 1 is 1.29 bits per heavy atom. The molecule has 0 heterocycles. The number of nitrogens with two attached hydrogens (primary N) is 1. The highest BCUT2D eigenvalue weighted by molar-refractivity contribution is 5.31. The lowest BCUT2D eigenvalue weighted by Gasteiger charge is -2.36. The molecule has 1 unspecified atom stereocenters. The van der Waals surface area contributed by atoms with Crippen molar-refractivity contribution >= 4 is 0 Å². The minimum absolute atomic E-state index is 0.513. The summed E-state index contributed by atoms with van der Waals surface area (Å²) < 4.78 is 0. The van der Waals surface area contributed by atoms with Crippen molar-refractivity contribution in [3.8, 4) is 0 Å². The van der Waals surface area contributed by atoms with Crippen molar-refractivity contribution in [3.05, 3.63) is 35.4 Å². The van der Waals surface area contributed by atoms with Crippen molar-refractivity contribution in [2.75, 3.05) is 6.54 Å². The highest BCUT2D eigenvalue weighted by Crippen LogP contribution is 2.44. The second kappa shape index (κ2) is 5.22. The van der Waals surface area contributed by atoms with Crippen molar-refractivity contribution in [2.45, 2.75) is 51.9 Å². The number of rotatable bonds is 3. The summed E-state index contributed by atoms with van der Waals surface area (Å²) in [6.07, 6.45) is 6.45. The average Bonchev–Trinajstić information content (AvgIpc) is 2.29. The molecule has 1 saturated carbocycles. The van der Waals surface area contributed by atoms with Crippen LogP contribution in [0, 0.1) is 5.41 Å². The van der Waals surface area contributed by atoms with E-state index in [0.717, 1.165) is 18.9 Å². The molecule has 0 bridgehead atoms. The first-order valence-corrected chi connectivity index (χ1v) is 6.90. The molecular formula is C16H25N. The summed E-state index contributed by atoms with van der Waals surface area (Å²) in [6, 6.07) is 8.89. The molecule has 0 amide bonds. The molecule has 0 saturated heterocycles. The van der Waals surface area contributed by atoms with Crippen LogP contribution in [0.2, 0.25) is 0 Å². The van der Waals surface area contributed by atoms with Crippen molar-refractivity contribution in [1.29, 1.82) is 0 Å². The Labute approximate surface area is 105 Å². The lowest BCUT2D eigenvalue weighted by Crippen LogP contribution is -2.22. The van der Waals surface area contributed by atoms with E-state index in [2.05, 4.69) is 38.1 Å². The summed E-state index contributed by atoms with van der Waals surface area (Å²) in [4.78, 5) is 0. The van der Waals surface area contributed by atoms with Crippen LogP contribution in [0.15, 0.2) is 24.3 Å². The van der Waals surface area contributed by atoms with E-state index in [0.29, 0.717) is 5.41 Å². The first-order valence-electron chi connectivity index (χ1n) is 6.90. The molecule has 2 N–H and O–H groups in total. The molecule has 1 heteroatoms. The molecule has 0 aliphatic heterocycles. The molecule has 2 rings (SSSR count). The van der Waals surface area contributed by atoms with Crippen LogP contribution in [0.1, 0.15) is 56.6 Å². The van der Waals surface area contributed by atoms with Crippen molar-refractivity contribution in [1.82, 2.24) is 0 Å². The van der Waals surface area contributed by atoms with E-state index in [1.807, 2.05) is 0 Å². The third-order valence-electron chi connectivity index (χ3n) is 4.11. The topological polar surface area (TPSA) is 26.0 Å². The van der Waals surface area contributed by atoms with Gasteiger partial charge in [-0.1, -0.05) is 44.5 Å². The zero-order valence-electron chi connectivity index (χ0n) is 11.2. The maximum absolute atomic E-state index is 5.71.